The highest BCUT2D eigenvalue weighted by Gasteiger charge is 2.39. The third-order valence-corrected chi connectivity index (χ3v) is 3.42. The summed E-state index contributed by atoms with van der Waals surface area (Å²) in [5, 5.41) is 10.7. The number of carbonyl (C=O) groups is 2. The van der Waals surface area contributed by atoms with E-state index < -0.39 is 5.97 Å². The first kappa shape index (κ1) is 15.8. The summed E-state index contributed by atoms with van der Waals surface area (Å²) in [6.45, 7) is 7.99. The molecule has 1 amide bonds. The van der Waals surface area contributed by atoms with E-state index in [2.05, 4.69) is 19.2 Å². The number of carboxylic acid groups (broad SMARTS) is 1. The van der Waals surface area contributed by atoms with Crippen LogP contribution in [0.25, 0.3) is 0 Å². The van der Waals surface area contributed by atoms with Crippen LogP contribution in [0.1, 0.15) is 33.6 Å². The molecule has 0 saturated carbocycles. The van der Waals surface area contributed by atoms with Crippen LogP contribution in [0.2, 0.25) is 0 Å². The number of carboxylic acids is 1. The SMILES string of the molecule is CC(=O)O.CC(C)[C@H]1COC(=O)N1C1CCNCC1. The Bertz CT molecular complexity index is 310. The maximum Gasteiger partial charge on any atom is 0.410 e. The summed E-state index contributed by atoms with van der Waals surface area (Å²) in [6.07, 6.45) is 2.00. The fourth-order valence-electron chi connectivity index (χ4n) is 2.47. The van der Waals surface area contributed by atoms with E-state index in [0.29, 0.717) is 18.6 Å². The lowest BCUT2D eigenvalue weighted by atomic mass is 9.98. The first-order chi connectivity index (χ1) is 8.93. The number of nitrogens with one attached hydrogen (secondary N) is 1. The predicted octanol–water partition coefficient (Wildman–Crippen LogP) is 1.31. The molecule has 0 unspecified atom stereocenters. The fourth-order valence-corrected chi connectivity index (χ4v) is 2.47. The largest absolute Gasteiger partial charge is 0.481 e. The van der Waals surface area contributed by atoms with Crippen LogP contribution in [-0.2, 0) is 9.53 Å². The van der Waals surface area contributed by atoms with E-state index in [1.165, 1.54) is 0 Å². The Hall–Kier alpha value is -1.30. The van der Waals surface area contributed by atoms with E-state index in [4.69, 9.17) is 14.6 Å². The van der Waals surface area contributed by atoms with E-state index in [1.807, 2.05) is 4.90 Å². The van der Waals surface area contributed by atoms with Crippen molar-refractivity contribution in [3.05, 3.63) is 0 Å². The molecule has 0 aromatic carbocycles. The minimum atomic E-state index is -0.833. The van der Waals surface area contributed by atoms with Crippen molar-refractivity contribution in [3.8, 4) is 0 Å². The topological polar surface area (TPSA) is 78.9 Å². The molecule has 0 bridgehead atoms. The molecule has 110 valence electrons. The van der Waals surface area contributed by atoms with E-state index in [9.17, 15) is 4.79 Å². The number of rotatable bonds is 2. The van der Waals surface area contributed by atoms with Crippen LogP contribution in [0.4, 0.5) is 4.79 Å². The zero-order valence-corrected chi connectivity index (χ0v) is 11.9. The van der Waals surface area contributed by atoms with Gasteiger partial charge in [0.2, 0.25) is 0 Å². The Labute approximate surface area is 114 Å². The van der Waals surface area contributed by atoms with E-state index in [1.54, 1.807) is 0 Å². The summed E-state index contributed by atoms with van der Waals surface area (Å²) in [7, 11) is 0. The lowest BCUT2D eigenvalue weighted by molar-refractivity contribution is -0.134. The van der Waals surface area contributed by atoms with Crippen LogP contribution >= 0.6 is 0 Å². The average Bonchev–Trinajstić information content (AvgIpc) is 2.71. The van der Waals surface area contributed by atoms with Gasteiger partial charge in [-0.2, -0.15) is 0 Å². The number of piperidine rings is 1. The summed E-state index contributed by atoms with van der Waals surface area (Å²) in [4.78, 5) is 22.6. The maximum atomic E-state index is 11.7. The monoisotopic (exact) mass is 272 g/mol. The molecule has 2 heterocycles. The van der Waals surface area contributed by atoms with Gasteiger partial charge in [-0.05, 0) is 31.8 Å². The Morgan fingerprint density at radius 1 is 1.42 bits per heavy atom. The summed E-state index contributed by atoms with van der Waals surface area (Å²) in [5.74, 6) is -0.355. The van der Waals surface area contributed by atoms with Gasteiger partial charge in [0, 0.05) is 13.0 Å². The van der Waals surface area contributed by atoms with Gasteiger partial charge in [0.05, 0.1) is 6.04 Å². The first-order valence-electron chi connectivity index (χ1n) is 6.78. The van der Waals surface area contributed by atoms with E-state index >= 15 is 0 Å². The Kier molecular flexibility index (Phi) is 6.08. The molecular formula is C13H24N2O4. The fraction of sp³-hybridized carbons (Fsp3) is 0.846. The molecule has 0 aromatic rings. The average molecular weight is 272 g/mol. The third-order valence-electron chi connectivity index (χ3n) is 3.42. The zero-order valence-electron chi connectivity index (χ0n) is 11.9. The molecule has 0 aliphatic carbocycles. The highest BCUT2D eigenvalue weighted by atomic mass is 16.6. The number of ether oxygens (including phenoxy) is 1. The highest BCUT2D eigenvalue weighted by Crippen LogP contribution is 2.25. The van der Waals surface area contributed by atoms with Gasteiger partial charge in [-0.15, -0.1) is 0 Å². The molecule has 2 N–H and O–H groups in total. The molecule has 2 fully saturated rings. The molecule has 0 aromatic heterocycles. The molecule has 19 heavy (non-hydrogen) atoms. The molecular weight excluding hydrogens is 248 g/mol. The van der Waals surface area contributed by atoms with Gasteiger partial charge >= 0.3 is 6.09 Å². The second-order valence-corrected chi connectivity index (χ2v) is 5.30. The second kappa shape index (κ2) is 7.33. The van der Waals surface area contributed by atoms with Crippen molar-refractivity contribution in [3.63, 3.8) is 0 Å². The van der Waals surface area contributed by atoms with Crippen LogP contribution in [0.3, 0.4) is 0 Å². The highest BCUT2D eigenvalue weighted by molar-refractivity contribution is 5.70. The molecule has 2 rings (SSSR count). The second-order valence-electron chi connectivity index (χ2n) is 5.30. The van der Waals surface area contributed by atoms with Crippen molar-refractivity contribution in [2.75, 3.05) is 19.7 Å². The van der Waals surface area contributed by atoms with Crippen molar-refractivity contribution in [1.29, 1.82) is 0 Å². The van der Waals surface area contributed by atoms with Crippen LogP contribution in [0.5, 0.6) is 0 Å². The van der Waals surface area contributed by atoms with Gasteiger partial charge < -0.3 is 15.2 Å². The summed E-state index contributed by atoms with van der Waals surface area (Å²) < 4.78 is 5.16. The van der Waals surface area contributed by atoms with Gasteiger partial charge in [0.1, 0.15) is 6.61 Å². The van der Waals surface area contributed by atoms with Gasteiger partial charge in [0.25, 0.3) is 5.97 Å². The number of nitrogens with zero attached hydrogens (tertiary/aromatic N) is 1. The normalized spacial score (nSPS) is 23.9. The summed E-state index contributed by atoms with van der Waals surface area (Å²) in [6, 6.07) is 0.661. The molecule has 1 atom stereocenters. The molecule has 0 spiro atoms. The Balaban J connectivity index is 0.000000399. The van der Waals surface area contributed by atoms with E-state index in [-0.39, 0.29) is 12.1 Å². The zero-order chi connectivity index (χ0) is 14.4. The van der Waals surface area contributed by atoms with Crippen molar-refractivity contribution >= 4 is 12.1 Å². The quantitative estimate of drug-likeness (QED) is 0.792. The molecule has 6 nitrogen and oxygen atoms in total. The van der Waals surface area contributed by atoms with Gasteiger partial charge in [0.15, 0.2) is 0 Å². The van der Waals surface area contributed by atoms with Crippen LogP contribution in [-0.4, -0.2) is 53.8 Å². The minimum absolute atomic E-state index is 0.111. The van der Waals surface area contributed by atoms with Crippen molar-refractivity contribution in [1.82, 2.24) is 10.2 Å². The van der Waals surface area contributed by atoms with Crippen molar-refractivity contribution in [2.24, 2.45) is 5.92 Å². The van der Waals surface area contributed by atoms with Gasteiger partial charge in [-0.1, -0.05) is 13.8 Å². The first-order valence-corrected chi connectivity index (χ1v) is 6.78. The summed E-state index contributed by atoms with van der Waals surface area (Å²) in [5.41, 5.74) is 0. The van der Waals surface area contributed by atoms with Crippen LogP contribution in [0, 0.1) is 5.92 Å². The lowest BCUT2D eigenvalue weighted by Gasteiger charge is -2.35. The molecule has 2 saturated heterocycles. The Morgan fingerprint density at radius 2 is 1.95 bits per heavy atom. The number of hydrogen-bond donors (Lipinski definition) is 2. The molecule has 2 aliphatic heterocycles. The third kappa shape index (κ3) is 4.70. The van der Waals surface area contributed by atoms with Crippen LogP contribution < -0.4 is 5.32 Å². The van der Waals surface area contributed by atoms with Crippen molar-refractivity contribution in [2.45, 2.75) is 45.7 Å². The summed E-state index contributed by atoms with van der Waals surface area (Å²) >= 11 is 0. The maximum absolute atomic E-state index is 11.7. The number of amides is 1. The molecule has 2 aliphatic rings. The van der Waals surface area contributed by atoms with Gasteiger partial charge in [-0.3, -0.25) is 9.69 Å². The smallest absolute Gasteiger partial charge is 0.410 e. The Morgan fingerprint density at radius 3 is 2.42 bits per heavy atom. The molecule has 0 radical (unpaired) electrons. The lowest BCUT2D eigenvalue weighted by Crippen LogP contribution is -2.48. The predicted molar refractivity (Wildman–Crippen MR) is 71.0 cm³/mol. The minimum Gasteiger partial charge on any atom is -0.481 e. The van der Waals surface area contributed by atoms with Crippen molar-refractivity contribution < 1.29 is 19.4 Å². The number of cyclic esters (lactones) is 1. The van der Waals surface area contributed by atoms with Gasteiger partial charge in [-0.25, -0.2) is 4.79 Å². The molecule has 6 heteroatoms. The van der Waals surface area contributed by atoms with Crippen LogP contribution in [0.15, 0.2) is 0 Å². The number of aliphatic carboxylic acids is 1. The number of hydrogen-bond acceptors (Lipinski definition) is 4. The van der Waals surface area contributed by atoms with E-state index in [0.717, 1.165) is 32.9 Å². The standard InChI is InChI=1S/C11H20N2O2.C2H4O2/c1-8(2)10-7-15-11(14)13(10)9-3-5-12-6-4-9;1-2(3)4/h8-10,12H,3-7H2,1-2H3;1H3,(H,3,4)/t10-;/m1./s1. The number of carbonyl (C=O) groups excluding carboxylic acids is 1.